The SMILES string of the molecule is Cc1nn(C)c(C)c1C1CC(O)C1C. The monoisotopic (exact) mass is 194 g/mol. The number of rotatable bonds is 1. The van der Waals surface area contributed by atoms with Crippen LogP contribution in [0.2, 0.25) is 0 Å². The predicted molar refractivity (Wildman–Crippen MR) is 55.2 cm³/mol. The lowest BCUT2D eigenvalue weighted by Gasteiger charge is -2.39. The zero-order chi connectivity index (χ0) is 10.5. The Labute approximate surface area is 84.7 Å². The van der Waals surface area contributed by atoms with Gasteiger partial charge < -0.3 is 5.11 Å². The number of nitrogens with zero attached hydrogens (tertiary/aromatic N) is 2. The van der Waals surface area contributed by atoms with E-state index in [0.717, 1.165) is 12.1 Å². The van der Waals surface area contributed by atoms with E-state index in [4.69, 9.17) is 0 Å². The van der Waals surface area contributed by atoms with Crippen LogP contribution in [0.15, 0.2) is 0 Å². The van der Waals surface area contributed by atoms with Crippen LogP contribution in [-0.2, 0) is 7.05 Å². The van der Waals surface area contributed by atoms with Gasteiger partial charge in [-0.05, 0) is 37.7 Å². The molecule has 0 saturated heterocycles. The van der Waals surface area contributed by atoms with Gasteiger partial charge in [-0.25, -0.2) is 0 Å². The average Bonchev–Trinajstić information content (AvgIpc) is 2.38. The minimum atomic E-state index is -0.112. The Morgan fingerprint density at radius 3 is 2.43 bits per heavy atom. The summed E-state index contributed by atoms with van der Waals surface area (Å²) < 4.78 is 1.93. The lowest BCUT2D eigenvalue weighted by Crippen LogP contribution is -2.37. The smallest absolute Gasteiger partial charge is 0.0631 e. The summed E-state index contributed by atoms with van der Waals surface area (Å²) in [6.45, 7) is 6.28. The van der Waals surface area contributed by atoms with Crippen molar-refractivity contribution < 1.29 is 5.11 Å². The number of aliphatic hydroxyl groups is 1. The van der Waals surface area contributed by atoms with Gasteiger partial charge in [0.15, 0.2) is 0 Å². The third-order valence-electron chi connectivity index (χ3n) is 3.67. The van der Waals surface area contributed by atoms with Gasteiger partial charge in [-0.3, -0.25) is 4.68 Å². The van der Waals surface area contributed by atoms with Crippen LogP contribution in [-0.4, -0.2) is 21.0 Å². The highest BCUT2D eigenvalue weighted by atomic mass is 16.3. The molecule has 1 saturated carbocycles. The van der Waals surface area contributed by atoms with Crippen molar-refractivity contribution >= 4 is 0 Å². The standard InChI is InChI=1S/C11H18N2O/c1-6-9(5-10(6)14)11-7(2)12-13(4)8(11)3/h6,9-10,14H,5H2,1-4H3. The van der Waals surface area contributed by atoms with Crippen LogP contribution in [0.3, 0.4) is 0 Å². The molecule has 3 unspecified atom stereocenters. The topological polar surface area (TPSA) is 38.0 Å². The first-order chi connectivity index (χ1) is 6.52. The molecule has 1 N–H and O–H groups in total. The molecule has 0 aliphatic heterocycles. The molecular formula is C11H18N2O. The van der Waals surface area contributed by atoms with Gasteiger partial charge in [0.05, 0.1) is 11.8 Å². The van der Waals surface area contributed by atoms with Gasteiger partial charge >= 0.3 is 0 Å². The molecule has 0 aromatic carbocycles. The summed E-state index contributed by atoms with van der Waals surface area (Å²) in [5, 5.41) is 13.9. The van der Waals surface area contributed by atoms with Crippen molar-refractivity contribution in [2.45, 2.75) is 39.2 Å². The molecule has 1 heterocycles. The lowest BCUT2D eigenvalue weighted by molar-refractivity contribution is 0.0113. The molecular weight excluding hydrogens is 176 g/mol. The molecule has 3 atom stereocenters. The summed E-state index contributed by atoms with van der Waals surface area (Å²) in [6.07, 6.45) is 0.785. The maximum atomic E-state index is 9.51. The van der Waals surface area contributed by atoms with Crippen LogP contribution >= 0.6 is 0 Å². The predicted octanol–water partition coefficient (Wildman–Crippen LogP) is 1.52. The fraction of sp³-hybridized carbons (Fsp3) is 0.727. The van der Waals surface area contributed by atoms with Crippen molar-refractivity contribution in [1.82, 2.24) is 9.78 Å². The van der Waals surface area contributed by atoms with Gasteiger partial charge in [-0.2, -0.15) is 5.10 Å². The summed E-state index contributed by atoms with van der Waals surface area (Å²) in [7, 11) is 1.98. The Hall–Kier alpha value is -0.830. The van der Waals surface area contributed by atoms with Gasteiger partial charge in [0.25, 0.3) is 0 Å². The molecule has 3 nitrogen and oxygen atoms in total. The Bertz CT molecular complexity index is 356. The second kappa shape index (κ2) is 3.09. The quantitative estimate of drug-likeness (QED) is 0.736. The third kappa shape index (κ3) is 1.19. The van der Waals surface area contributed by atoms with Crippen molar-refractivity contribution in [3.8, 4) is 0 Å². The molecule has 0 amide bonds. The zero-order valence-corrected chi connectivity index (χ0v) is 9.28. The molecule has 78 valence electrons. The van der Waals surface area contributed by atoms with E-state index in [2.05, 4.69) is 25.9 Å². The van der Waals surface area contributed by atoms with Gasteiger partial charge in [-0.15, -0.1) is 0 Å². The number of hydrogen-bond donors (Lipinski definition) is 1. The van der Waals surface area contributed by atoms with E-state index >= 15 is 0 Å². The van der Waals surface area contributed by atoms with Crippen molar-refractivity contribution in [1.29, 1.82) is 0 Å². The number of aryl methyl sites for hydroxylation is 2. The molecule has 1 aliphatic carbocycles. The number of hydrogen-bond acceptors (Lipinski definition) is 2. The summed E-state index contributed by atoms with van der Waals surface area (Å²) in [4.78, 5) is 0. The molecule has 0 spiro atoms. The zero-order valence-electron chi connectivity index (χ0n) is 9.28. The maximum Gasteiger partial charge on any atom is 0.0631 e. The highest BCUT2D eigenvalue weighted by molar-refractivity contribution is 5.31. The first-order valence-corrected chi connectivity index (χ1v) is 5.20. The van der Waals surface area contributed by atoms with E-state index in [1.807, 2.05) is 11.7 Å². The third-order valence-corrected chi connectivity index (χ3v) is 3.67. The summed E-state index contributed by atoms with van der Waals surface area (Å²) >= 11 is 0. The van der Waals surface area contributed by atoms with E-state index in [1.54, 1.807) is 0 Å². The Morgan fingerprint density at radius 1 is 1.43 bits per heavy atom. The van der Waals surface area contributed by atoms with E-state index < -0.39 is 0 Å². The van der Waals surface area contributed by atoms with Crippen molar-refractivity contribution in [3.05, 3.63) is 17.0 Å². The van der Waals surface area contributed by atoms with Crippen LogP contribution in [0.4, 0.5) is 0 Å². The average molecular weight is 194 g/mol. The molecule has 3 heteroatoms. The summed E-state index contributed by atoms with van der Waals surface area (Å²) in [5.74, 6) is 0.898. The minimum absolute atomic E-state index is 0.112. The minimum Gasteiger partial charge on any atom is -0.393 e. The van der Waals surface area contributed by atoms with Crippen molar-refractivity contribution in [2.75, 3.05) is 0 Å². The highest BCUT2D eigenvalue weighted by Crippen LogP contribution is 2.44. The molecule has 14 heavy (non-hydrogen) atoms. The number of aromatic nitrogens is 2. The van der Waals surface area contributed by atoms with Crippen LogP contribution in [0.25, 0.3) is 0 Å². The Morgan fingerprint density at radius 2 is 2.07 bits per heavy atom. The molecule has 1 aromatic rings. The maximum absolute atomic E-state index is 9.51. The Kier molecular flexibility index (Phi) is 2.14. The van der Waals surface area contributed by atoms with Crippen LogP contribution < -0.4 is 0 Å². The number of aliphatic hydroxyl groups excluding tert-OH is 1. The van der Waals surface area contributed by atoms with E-state index in [0.29, 0.717) is 11.8 Å². The van der Waals surface area contributed by atoms with E-state index in [9.17, 15) is 5.11 Å². The van der Waals surface area contributed by atoms with E-state index in [-0.39, 0.29) is 6.10 Å². The van der Waals surface area contributed by atoms with Crippen LogP contribution in [0.1, 0.15) is 36.2 Å². The largest absolute Gasteiger partial charge is 0.393 e. The van der Waals surface area contributed by atoms with Gasteiger partial charge in [0.1, 0.15) is 0 Å². The summed E-state index contributed by atoms with van der Waals surface area (Å²) in [6, 6.07) is 0. The first kappa shape index (κ1) is 9.71. The fourth-order valence-electron chi connectivity index (χ4n) is 2.47. The van der Waals surface area contributed by atoms with Gasteiger partial charge in [-0.1, -0.05) is 6.92 Å². The first-order valence-electron chi connectivity index (χ1n) is 5.20. The molecule has 0 bridgehead atoms. The molecule has 1 fully saturated rings. The van der Waals surface area contributed by atoms with Gasteiger partial charge in [0.2, 0.25) is 0 Å². The van der Waals surface area contributed by atoms with Crippen molar-refractivity contribution in [3.63, 3.8) is 0 Å². The second-order valence-electron chi connectivity index (χ2n) is 4.48. The van der Waals surface area contributed by atoms with Gasteiger partial charge in [0, 0.05) is 12.7 Å². The normalized spacial score (nSPS) is 31.6. The Balaban J connectivity index is 2.33. The molecule has 2 rings (SSSR count). The molecule has 1 aromatic heterocycles. The molecule has 0 radical (unpaired) electrons. The van der Waals surface area contributed by atoms with Crippen LogP contribution in [0.5, 0.6) is 0 Å². The van der Waals surface area contributed by atoms with E-state index in [1.165, 1.54) is 11.3 Å². The van der Waals surface area contributed by atoms with Crippen LogP contribution in [0, 0.1) is 19.8 Å². The summed E-state index contributed by atoms with van der Waals surface area (Å²) in [5.41, 5.74) is 3.71. The fourth-order valence-corrected chi connectivity index (χ4v) is 2.47. The lowest BCUT2D eigenvalue weighted by atomic mass is 9.68. The highest BCUT2D eigenvalue weighted by Gasteiger charge is 2.39. The second-order valence-corrected chi connectivity index (χ2v) is 4.48. The van der Waals surface area contributed by atoms with Crippen molar-refractivity contribution in [2.24, 2.45) is 13.0 Å². The molecule has 1 aliphatic rings.